The Morgan fingerprint density at radius 1 is 1.12 bits per heavy atom. The number of amides is 4. The summed E-state index contributed by atoms with van der Waals surface area (Å²) in [4.78, 5) is 66.0. The zero-order chi connectivity index (χ0) is 31.2. The van der Waals surface area contributed by atoms with Crippen LogP contribution in [0, 0.1) is 3.57 Å². The number of nitrogens with zero attached hydrogens (tertiary/aromatic N) is 3. The standard InChI is InChI=1S/C25H35IN8O6S2/c1-14(27)22(36)33-20(24(38)32-19(9-11-41-3)23(37)31-15(2)21(28)35)13-42-16(8-10-30-34-29)12-26-18-7-5-4-6-17(18)25(39)40-26/h4-7,12,14-15,19-20H,8-11,13,27H2,1-3H3,(H2,28,35)(H,31,37)(H,32,38)(H,33,36)/b16-12-/t14-,15-,19-,20-/m0/s1. The number of carbonyl (C=O) groups excluding carboxylic acids is 5. The molecule has 1 aromatic rings. The number of primary amides is 1. The van der Waals surface area contributed by atoms with Gasteiger partial charge < -0.3 is 5.73 Å². The summed E-state index contributed by atoms with van der Waals surface area (Å²) in [6.07, 6.45) is 2.43. The van der Waals surface area contributed by atoms with Crippen LogP contribution in [-0.2, 0) is 22.2 Å². The molecular formula is C25H35IN8O6S2. The van der Waals surface area contributed by atoms with Crippen LogP contribution in [0.4, 0.5) is 0 Å². The Morgan fingerprint density at radius 3 is 2.43 bits per heavy atom. The molecule has 0 spiro atoms. The third-order valence-corrected chi connectivity index (χ3v) is 12.2. The van der Waals surface area contributed by atoms with Gasteiger partial charge >= 0.3 is 250 Å². The maximum absolute atomic E-state index is 13.4. The Hall–Kier alpha value is -2.99. The first-order valence-electron chi connectivity index (χ1n) is 12.8. The Labute approximate surface area is 259 Å². The van der Waals surface area contributed by atoms with E-state index in [2.05, 4.69) is 26.0 Å². The van der Waals surface area contributed by atoms with Gasteiger partial charge in [-0.25, -0.2) is 0 Å². The molecule has 0 saturated heterocycles. The molecule has 2 rings (SSSR count). The molecule has 0 aromatic heterocycles. The molecule has 17 heteroatoms. The second-order valence-electron chi connectivity index (χ2n) is 9.04. The van der Waals surface area contributed by atoms with Crippen LogP contribution >= 0.6 is 43.8 Å². The molecule has 42 heavy (non-hydrogen) atoms. The smallest absolute Gasteiger partial charge is 0.368 e. The van der Waals surface area contributed by atoms with E-state index in [1.807, 2.05) is 22.5 Å². The number of fused-ring (bicyclic) bond motifs is 1. The van der Waals surface area contributed by atoms with Crippen molar-refractivity contribution < 1.29 is 27.0 Å². The quantitative estimate of drug-likeness (QED) is 0.0679. The van der Waals surface area contributed by atoms with Gasteiger partial charge in [-0.3, -0.25) is 4.79 Å². The predicted molar refractivity (Wildman–Crippen MR) is 171 cm³/mol. The fraction of sp³-hybridized carbons (Fsp3) is 0.480. The van der Waals surface area contributed by atoms with E-state index in [4.69, 9.17) is 20.1 Å². The van der Waals surface area contributed by atoms with Crippen molar-refractivity contribution in [1.29, 1.82) is 0 Å². The number of thioether (sulfide) groups is 2. The average Bonchev–Trinajstić information content (AvgIpc) is 3.27. The Balaban J connectivity index is 2.28. The van der Waals surface area contributed by atoms with Gasteiger partial charge in [0.25, 0.3) is 0 Å². The van der Waals surface area contributed by atoms with Crippen molar-refractivity contribution in [1.82, 2.24) is 16.0 Å². The van der Waals surface area contributed by atoms with Crippen LogP contribution in [0.15, 0.2) is 38.4 Å². The van der Waals surface area contributed by atoms with Crippen LogP contribution in [0.25, 0.3) is 10.4 Å². The first-order chi connectivity index (χ1) is 20.0. The van der Waals surface area contributed by atoms with E-state index in [-0.39, 0.29) is 18.7 Å². The van der Waals surface area contributed by atoms with Crippen LogP contribution in [0.1, 0.15) is 37.0 Å². The minimum absolute atomic E-state index is 0.0422. The topological polar surface area (TPSA) is 231 Å². The molecular weight excluding hydrogens is 699 g/mol. The summed E-state index contributed by atoms with van der Waals surface area (Å²) in [6, 6.07) is 3.18. The number of nitrogens with one attached hydrogen (secondary N) is 3. The normalized spacial score (nSPS) is 16.1. The number of hydrogen-bond acceptors (Lipinski definition) is 10. The second-order valence-corrected chi connectivity index (χ2v) is 15.0. The maximum atomic E-state index is 13.4. The molecule has 0 radical (unpaired) electrons. The number of benzene rings is 1. The minimum atomic E-state index is -2.53. The molecule has 0 fully saturated rings. The number of hydrogen-bond donors (Lipinski definition) is 5. The zero-order valence-electron chi connectivity index (χ0n) is 23.4. The van der Waals surface area contributed by atoms with Gasteiger partial charge in [-0.1, -0.05) is 0 Å². The SMILES string of the molecule is CSCC[C@H](NC(=O)[C@H](CS/C(=C\I1OC(=O)c2ccccc21)CCN=[N+]=[N-])NC(=O)[C@H](C)N)C(=O)N[C@@H](C)C(N)=O. The summed E-state index contributed by atoms with van der Waals surface area (Å²) in [5.41, 5.74) is 20.2. The van der Waals surface area contributed by atoms with Gasteiger partial charge in [0.05, 0.1) is 0 Å². The predicted octanol–water partition coefficient (Wildman–Crippen LogP) is 1.78. The fourth-order valence-corrected chi connectivity index (χ4v) is 9.65. The van der Waals surface area contributed by atoms with Crippen LogP contribution in [0.5, 0.6) is 0 Å². The number of azide groups is 1. The van der Waals surface area contributed by atoms with Crippen molar-refractivity contribution >= 4 is 73.4 Å². The van der Waals surface area contributed by atoms with Gasteiger partial charge in [-0.05, 0) is 0 Å². The number of rotatable bonds is 17. The Morgan fingerprint density at radius 2 is 1.79 bits per heavy atom. The first kappa shape index (κ1) is 35.2. The van der Waals surface area contributed by atoms with Crippen molar-refractivity contribution in [3.63, 3.8) is 0 Å². The van der Waals surface area contributed by atoms with Crippen molar-refractivity contribution in [2.24, 2.45) is 16.6 Å². The molecule has 14 nitrogen and oxygen atoms in total. The van der Waals surface area contributed by atoms with Gasteiger partial charge in [0.1, 0.15) is 0 Å². The molecule has 1 aromatic carbocycles. The summed E-state index contributed by atoms with van der Waals surface area (Å²) in [5.74, 6) is -2.33. The van der Waals surface area contributed by atoms with E-state index in [0.29, 0.717) is 17.7 Å². The third-order valence-electron chi connectivity index (χ3n) is 5.70. The van der Waals surface area contributed by atoms with Crippen molar-refractivity contribution in [2.75, 3.05) is 24.3 Å². The van der Waals surface area contributed by atoms with E-state index < -0.39 is 74.0 Å². The molecule has 1 aliphatic heterocycles. The monoisotopic (exact) mass is 734 g/mol. The minimum Gasteiger partial charge on any atom is -0.368 e. The zero-order valence-corrected chi connectivity index (χ0v) is 27.2. The molecule has 1 aliphatic rings. The van der Waals surface area contributed by atoms with Crippen molar-refractivity contribution in [3.05, 3.63) is 52.8 Å². The molecule has 7 N–H and O–H groups in total. The number of halogens is 1. The molecule has 1 heterocycles. The third kappa shape index (κ3) is 11.0. The first-order valence-corrected chi connectivity index (χ1v) is 18.4. The number of carbonyl (C=O) groups is 5. The average molecular weight is 735 g/mol. The summed E-state index contributed by atoms with van der Waals surface area (Å²) in [5, 5.41) is 11.4. The van der Waals surface area contributed by atoms with Crippen LogP contribution < -0.4 is 27.4 Å². The molecule has 0 saturated carbocycles. The van der Waals surface area contributed by atoms with Crippen LogP contribution in [0.2, 0.25) is 0 Å². The summed E-state index contributed by atoms with van der Waals surface area (Å²) in [7, 11) is 0. The van der Waals surface area contributed by atoms with Crippen molar-refractivity contribution in [3.8, 4) is 0 Å². The summed E-state index contributed by atoms with van der Waals surface area (Å²) < 4.78 is 8.37. The fourth-order valence-electron chi connectivity index (χ4n) is 3.34. The molecule has 4 atom stereocenters. The van der Waals surface area contributed by atoms with Crippen LogP contribution in [-0.4, -0.2) is 78.1 Å². The van der Waals surface area contributed by atoms with E-state index in [9.17, 15) is 24.0 Å². The van der Waals surface area contributed by atoms with Crippen molar-refractivity contribution in [2.45, 2.75) is 50.9 Å². The van der Waals surface area contributed by atoms with Gasteiger partial charge in [0.15, 0.2) is 0 Å². The molecule has 0 unspecified atom stereocenters. The molecule has 0 bridgehead atoms. The van der Waals surface area contributed by atoms with E-state index in [1.165, 1.54) is 37.4 Å². The van der Waals surface area contributed by atoms with Gasteiger partial charge in [0.2, 0.25) is 0 Å². The Kier molecular flexibility index (Phi) is 15.0. The summed E-state index contributed by atoms with van der Waals surface area (Å²) >= 11 is 0.177. The molecule has 230 valence electrons. The molecule has 0 aliphatic carbocycles. The number of nitrogens with two attached hydrogens (primary N) is 2. The summed E-state index contributed by atoms with van der Waals surface area (Å²) in [6.45, 7) is 3.04. The van der Waals surface area contributed by atoms with E-state index in [0.717, 1.165) is 8.48 Å². The van der Waals surface area contributed by atoms with E-state index >= 15 is 0 Å². The Bertz CT molecular complexity index is 1240. The van der Waals surface area contributed by atoms with Crippen LogP contribution in [0.3, 0.4) is 0 Å². The second kappa shape index (κ2) is 17.8. The van der Waals surface area contributed by atoms with Gasteiger partial charge in [0, 0.05) is 0 Å². The molecule has 4 amide bonds. The van der Waals surface area contributed by atoms with Gasteiger partial charge in [-0.15, -0.1) is 0 Å². The van der Waals surface area contributed by atoms with E-state index in [1.54, 1.807) is 12.1 Å². The van der Waals surface area contributed by atoms with Gasteiger partial charge in [-0.2, -0.15) is 0 Å².